The fraction of sp³-hybridized carbons (Fsp3) is 0.788. The average molecular weight is 652 g/mol. The first kappa shape index (κ1) is 38.5. The molecule has 0 saturated carbocycles. The number of aromatic nitrogens is 1. The van der Waals surface area contributed by atoms with Crippen LogP contribution < -0.4 is 10.6 Å². The molecule has 2 heterocycles. The number of nitrogens with one attached hydrogen (secondary N) is 2. The SMILES string of the molecule is CCCCCCN(C(=O)[C@@H](NC(=O)[C@H]1CCCCN1C)[C@@H](C)CC)[C@H](C[C@@H](OC(=O)NC)c1nc(C(=O)OCC)cs1)C(C)C. The van der Waals surface area contributed by atoms with E-state index in [0.29, 0.717) is 11.6 Å². The van der Waals surface area contributed by atoms with Gasteiger partial charge < -0.3 is 25.0 Å². The van der Waals surface area contributed by atoms with Crippen molar-refractivity contribution in [3.63, 3.8) is 0 Å². The van der Waals surface area contributed by atoms with E-state index < -0.39 is 24.2 Å². The fourth-order valence-corrected chi connectivity index (χ4v) is 6.59. The third-order valence-electron chi connectivity index (χ3n) is 8.75. The zero-order chi connectivity index (χ0) is 33.5. The number of nitrogens with zero attached hydrogens (tertiary/aromatic N) is 3. The van der Waals surface area contributed by atoms with Gasteiger partial charge in [-0.3, -0.25) is 14.5 Å². The van der Waals surface area contributed by atoms with Crippen molar-refractivity contribution in [3.8, 4) is 0 Å². The quantitative estimate of drug-likeness (QED) is 0.156. The molecule has 0 aromatic carbocycles. The van der Waals surface area contributed by atoms with Crippen molar-refractivity contribution in [2.45, 2.75) is 124 Å². The first-order valence-electron chi connectivity index (χ1n) is 16.8. The fourth-order valence-electron chi connectivity index (χ4n) is 5.77. The Hall–Kier alpha value is -2.73. The summed E-state index contributed by atoms with van der Waals surface area (Å²) in [5.74, 6) is -0.833. The average Bonchev–Trinajstić information content (AvgIpc) is 3.52. The minimum absolute atomic E-state index is 0.00170. The van der Waals surface area contributed by atoms with Crippen LogP contribution in [0.3, 0.4) is 0 Å². The summed E-state index contributed by atoms with van der Waals surface area (Å²) in [4.78, 5) is 61.5. The second-order valence-electron chi connectivity index (χ2n) is 12.4. The van der Waals surface area contributed by atoms with Crippen LogP contribution in [0.2, 0.25) is 0 Å². The third kappa shape index (κ3) is 11.5. The first-order valence-corrected chi connectivity index (χ1v) is 17.7. The molecule has 1 fully saturated rings. The highest BCUT2D eigenvalue weighted by Gasteiger charge is 2.38. The molecule has 5 atom stereocenters. The first-order chi connectivity index (χ1) is 21.5. The molecule has 0 aliphatic carbocycles. The molecule has 12 heteroatoms. The number of piperidine rings is 1. The predicted octanol–water partition coefficient (Wildman–Crippen LogP) is 5.56. The minimum Gasteiger partial charge on any atom is -0.461 e. The monoisotopic (exact) mass is 651 g/mol. The number of hydrogen-bond donors (Lipinski definition) is 2. The zero-order valence-corrected chi connectivity index (χ0v) is 29.5. The van der Waals surface area contributed by atoms with Gasteiger partial charge in [0.05, 0.1) is 12.6 Å². The van der Waals surface area contributed by atoms with Gasteiger partial charge in [0.15, 0.2) is 11.8 Å². The number of amides is 3. The van der Waals surface area contributed by atoms with Gasteiger partial charge >= 0.3 is 12.1 Å². The molecule has 1 aromatic rings. The summed E-state index contributed by atoms with van der Waals surface area (Å²) < 4.78 is 10.9. The van der Waals surface area contributed by atoms with Crippen molar-refractivity contribution in [2.75, 3.05) is 33.8 Å². The Morgan fingerprint density at radius 2 is 1.84 bits per heavy atom. The summed E-state index contributed by atoms with van der Waals surface area (Å²) in [5.41, 5.74) is 0.156. The number of unbranched alkanes of at least 4 members (excludes halogenated alkanes) is 3. The van der Waals surface area contributed by atoms with E-state index >= 15 is 0 Å². The van der Waals surface area contributed by atoms with E-state index in [2.05, 4.69) is 27.4 Å². The minimum atomic E-state index is -0.802. The van der Waals surface area contributed by atoms with Crippen LogP contribution in [0.1, 0.15) is 121 Å². The lowest BCUT2D eigenvalue weighted by molar-refractivity contribution is -0.142. The van der Waals surface area contributed by atoms with Crippen molar-refractivity contribution in [2.24, 2.45) is 11.8 Å². The van der Waals surface area contributed by atoms with Gasteiger partial charge in [0, 0.05) is 31.4 Å². The Balaban J connectivity index is 2.46. The summed E-state index contributed by atoms with van der Waals surface area (Å²) in [6, 6.07) is -1.26. The molecule has 11 nitrogen and oxygen atoms in total. The van der Waals surface area contributed by atoms with Crippen LogP contribution in [-0.2, 0) is 19.1 Å². The molecule has 45 heavy (non-hydrogen) atoms. The number of ether oxygens (including phenoxy) is 2. The smallest absolute Gasteiger partial charge is 0.407 e. The third-order valence-corrected chi connectivity index (χ3v) is 9.68. The summed E-state index contributed by atoms with van der Waals surface area (Å²) in [6.07, 6.45) is 6.34. The Labute approximate surface area is 274 Å². The molecule has 0 bridgehead atoms. The maximum absolute atomic E-state index is 14.6. The highest BCUT2D eigenvalue weighted by molar-refractivity contribution is 7.09. The van der Waals surface area contributed by atoms with E-state index in [1.54, 1.807) is 12.3 Å². The number of hydrogen-bond acceptors (Lipinski definition) is 9. The van der Waals surface area contributed by atoms with Gasteiger partial charge in [-0.1, -0.05) is 66.7 Å². The van der Waals surface area contributed by atoms with Crippen molar-refractivity contribution in [3.05, 3.63) is 16.1 Å². The van der Waals surface area contributed by atoms with Crippen molar-refractivity contribution in [1.29, 1.82) is 0 Å². The van der Waals surface area contributed by atoms with Gasteiger partial charge in [-0.05, 0) is 51.6 Å². The van der Waals surface area contributed by atoms with Gasteiger partial charge in [-0.25, -0.2) is 14.6 Å². The highest BCUT2D eigenvalue weighted by atomic mass is 32.1. The summed E-state index contributed by atoms with van der Waals surface area (Å²) in [5, 5.41) is 7.73. The summed E-state index contributed by atoms with van der Waals surface area (Å²) >= 11 is 1.22. The zero-order valence-electron chi connectivity index (χ0n) is 28.7. The van der Waals surface area contributed by atoms with Crippen LogP contribution in [0.25, 0.3) is 0 Å². The van der Waals surface area contributed by atoms with Crippen LogP contribution >= 0.6 is 11.3 Å². The van der Waals surface area contributed by atoms with Crippen LogP contribution in [0.4, 0.5) is 4.79 Å². The second-order valence-corrected chi connectivity index (χ2v) is 13.3. The Bertz CT molecular complexity index is 1080. The number of alkyl carbamates (subject to hydrolysis) is 1. The maximum atomic E-state index is 14.6. The Morgan fingerprint density at radius 3 is 2.44 bits per heavy atom. The van der Waals surface area contributed by atoms with Gasteiger partial charge in [-0.2, -0.15) is 0 Å². The van der Waals surface area contributed by atoms with Crippen LogP contribution in [0, 0.1) is 11.8 Å². The van der Waals surface area contributed by atoms with Crippen molar-refractivity contribution >= 4 is 35.2 Å². The van der Waals surface area contributed by atoms with Crippen molar-refractivity contribution in [1.82, 2.24) is 25.4 Å². The number of rotatable bonds is 18. The number of carbonyl (C=O) groups excluding carboxylic acids is 4. The number of thiazole rings is 1. The van der Waals surface area contributed by atoms with Crippen LogP contribution in [0.15, 0.2) is 5.38 Å². The topological polar surface area (TPSA) is 130 Å². The van der Waals surface area contributed by atoms with Gasteiger partial charge in [0.1, 0.15) is 11.0 Å². The van der Waals surface area contributed by atoms with Gasteiger partial charge in [0.25, 0.3) is 0 Å². The van der Waals surface area contributed by atoms with Crippen LogP contribution in [0.5, 0.6) is 0 Å². The molecule has 1 aliphatic rings. The van der Waals surface area contributed by atoms with E-state index in [0.717, 1.165) is 57.9 Å². The Kier molecular flexibility index (Phi) is 16.8. The molecule has 0 radical (unpaired) electrons. The standard InChI is InChI=1S/C33H57N5O6S/c1-9-12-13-15-19-38(31(40)28(23(6)10-2)36-29(39)25-17-14-16-18-37(25)8)26(22(4)5)20-27(44-33(42)34-7)30-35-24(21-45-30)32(41)43-11-3/h21-23,25-28H,9-20H2,1-8H3,(H,34,42)(H,36,39)/t23-,25+,26+,27+,28-/m0/s1. The molecule has 0 spiro atoms. The number of likely N-dealkylation sites (N-methyl/N-ethyl adjacent to an activating group) is 1. The second kappa shape index (κ2) is 19.7. The molecule has 3 amide bonds. The lowest BCUT2D eigenvalue weighted by Crippen LogP contribution is -2.59. The number of esters is 1. The molecule has 1 aliphatic heterocycles. The molecular formula is C33H57N5O6S. The molecule has 2 N–H and O–H groups in total. The number of carbonyl (C=O) groups is 4. The van der Waals surface area contributed by atoms with Crippen molar-refractivity contribution < 1.29 is 28.7 Å². The molecule has 1 aromatic heterocycles. The number of likely N-dealkylation sites (tertiary alicyclic amines) is 1. The summed E-state index contributed by atoms with van der Waals surface area (Å²) in [6.45, 7) is 13.6. The maximum Gasteiger partial charge on any atom is 0.407 e. The Morgan fingerprint density at radius 1 is 1.11 bits per heavy atom. The normalized spacial score (nSPS) is 18.0. The largest absolute Gasteiger partial charge is 0.461 e. The summed E-state index contributed by atoms with van der Waals surface area (Å²) in [7, 11) is 3.45. The molecular weight excluding hydrogens is 594 g/mol. The molecule has 0 unspecified atom stereocenters. The van der Waals surface area contributed by atoms with E-state index in [4.69, 9.17) is 9.47 Å². The van der Waals surface area contributed by atoms with Crippen LogP contribution in [-0.4, -0.2) is 90.6 Å². The van der Waals surface area contributed by atoms with Gasteiger partial charge in [-0.15, -0.1) is 11.3 Å². The lowest BCUT2D eigenvalue weighted by Gasteiger charge is -2.40. The molecule has 1 saturated heterocycles. The molecule has 2 rings (SSSR count). The van der Waals surface area contributed by atoms with E-state index in [1.165, 1.54) is 18.4 Å². The predicted molar refractivity (Wildman–Crippen MR) is 177 cm³/mol. The lowest BCUT2D eigenvalue weighted by atomic mass is 9.91. The highest BCUT2D eigenvalue weighted by Crippen LogP contribution is 2.32. The van der Waals surface area contributed by atoms with Gasteiger partial charge in [0.2, 0.25) is 11.8 Å². The van der Waals surface area contributed by atoms with E-state index in [9.17, 15) is 19.2 Å². The molecule has 256 valence electrons. The van der Waals surface area contributed by atoms with E-state index in [-0.39, 0.29) is 54.5 Å². The van der Waals surface area contributed by atoms with E-state index in [1.807, 2.05) is 39.6 Å².